The van der Waals surface area contributed by atoms with Crippen molar-refractivity contribution in [2.75, 3.05) is 18.5 Å². The number of sulfonamides is 1. The molecule has 0 aliphatic carbocycles. The molecule has 0 fully saturated rings. The summed E-state index contributed by atoms with van der Waals surface area (Å²) in [7, 11) is -0.537. The van der Waals surface area contributed by atoms with Gasteiger partial charge in [0.1, 0.15) is 5.75 Å². The minimum Gasteiger partial charge on any atom is -0.497 e. The highest BCUT2D eigenvalue weighted by Crippen LogP contribution is 2.27. The van der Waals surface area contributed by atoms with Gasteiger partial charge in [-0.15, -0.1) is 0 Å². The van der Waals surface area contributed by atoms with Crippen LogP contribution >= 0.6 is 0 Å². The molecule has 0 saturated heterocycles. The van der Waals surface area contributed by atoms with E-state index in [9.17, 15) is 8.42 Å². The predicted molar refractivity (Wildman–Crippen MR) is 92.5 cm³/mol. The van der Waals surface area contributed by atoms with Crippen LogP contribution in [0.5, 0.6) is 5.75 Å². The number of ether oxygens (including phenoxy) is 1. The Morgan fingerprint density at radius 1 is 0.870 bits per heavy atom. The van der Waals surface area contributed by atoms with E-state index in [0.717, 1.165) is 10.8 Å². The van der Waals surface area contributed by atoms with Crippen molar-refractivity contribution >= 4 is 26.5 Å². The monoisotopic (exact) mass is 327 g/mol. The lowest BCUT2D eigenvalue weighted by Crippen LogP contribution is -2.26. The smallest absolute Gasteiger partial charge is 0.264 e. The van der Waals surface area contributed by atoms with Crippen molar-refractivity contribution in [1.29, 1.82) is 0 Å². The van der Waals surface area contributed by atoms with Crippen molar-refractivity contribution in [1.82, 2.24) is 0 Å². The number of fused-ring (bicyclic) bond motifs is 1. The van der Waals surface area contributed by atoms with E-state index >= 15 is 0 Å². The van der Waals surface area contributed by atoms with Crippen LogP contribution in [0.1, 0.15) is 0 Å². The molecule has 0 unspecified atom stereocenters. The SMILES string of the molecule is COc1cccc(N(C)S(=O)(=O)c2ccc3ccccc3c2)c1. The lowest BCUT2D eigenvalue weighted by Gasteiger charge is -2.20. The Morgan fingerprint density at radius 3 is 2.35 bits per heavy atom. The van der Waals surface area contributed by atoms with Crippen molar-refractivity contribution in [3.63, 3.8) is 0 Å². The molecule has 0 saturated carbocycles. The molecule has 3 rings (SSSR count). The molecule has 0 aromatic heterocycles. The van der Waals surface area contributed by atoms with Crippen molar-refractivity contribution in [3.8, 4) is 5.75 Å². The van der Waals surface area contributed by atoms with Crippen LogP contribution in [0.4, 0.5) is 5.69 Å². The van der Waals surface area contributed by atoms with Gasteiger partial charge in [0.2, 0.25) is 0 Å². The van der Waals surface area contributed by atoms with Crippen LogP contribution in [0.15, 0.2) is 71.6 Å². The minimum absolute atomic E-state index is 0.265. The third-order valence-corrected chi connectivity index (χ3v) is 5.58. The third kappa shape index (κ3) is 2.87. The summed E-state index contributed by atoms with van der Waals surface area (Å²) in [4.78, 5) is 0.265. The highest BCUT2D eigenvalue weighted by Gasteiger charge is 2.21. The lowest BCUT2D eigenvalue weighted by atomic mass is 10.1. The van der Waals surface area contributed by atoms with Gasteiger partial charge in [-0.25, -0.2) is 8.42 Å². The molecule has 0 heterocycles. The number of anilines is 1. The fraction of sp³-hybridized carbons (Fsp3) is 0.111. The number of rotatable bonds is 4. The van der Waals surface area contributed by atoms with Crippen LogP contribution in [0.25, 0.3) is 10.8 Å². The second kappa shape index (κ2) is 5.93. The second-order valence-electron chi connectivity index (χ2n) is 5.18. The average Bonchev–Trinajstić information content (AvgIpc) is 2.60. The normalized spacial score (nSPS) is 11.4. The highest BCUT2D eigenvalue weighted by atomic mass is 32.2. The van der Waals surface area contributed by atoms with Gasteiger partial charge >= 0.3 is 0 Å². The number of hydrogen-bond acceptors (Lipinski definition) is 3. The summed E-state index contributed by atoms with van der Waals surface area (Å²) in [6.07, 6.45) is 0. The summed E-state index contributed by atoms with van der Waals surface area (Å²) in [5, 5.41) is 1.91. The molecule has 0 bridgehead atoms. The summed E-state index contributed by atoms with van der Waals surface area (Å²) < 4.78 is 32.1. The Labute approximate surface area is 136 Å². The Hall–Kier alpha value is -2.53. The summed E-state index contributed by atoms with van der Waals surface area (Å²) >= 11 is 0. The van der Waals surface area contributed by atoms with Crippen LogP contribution in [-0.2, 0) is 10.0 Å². The molecule has 0 amide bonds. The molecule has 0 atom stereocenters. The zero-order valence-corrected chi connectivity index (χ0v) is 13.7. The molecule has 5 heteroatoms. The van der Waals surface area contributed by atoms with Gasteiger partial charge in [0.25, 0.3) is 10.0 Å². The molecular weight excluding hydrogens is 310 g/mol. The van der Waals surface area contributed by atoms with Crippen molar-refractivity contribution in [3.05, 3.63) is 66.7 Å². The molecule has 3 aromatic rings. The van der Waals surface area contributed by atoms with E-state index < -0.39 is 10.0 Å². The highest BCUT2D eigenvalue weighted by molar-refractivity contribution is 7.92. The largest absolute Gasteiger partial charge is 0.497 e. The van der Waals surface area contributed by atoms with Gasteiger partial charge in [0.05, 0.1) is 17.7 Å². The van der Waals surface area contributed by atoms with Gasteiger partial charge in [-0.2, -0.15) is 0 Å². The Morgan fingerprint density at radius 2 is 1.61 bits per heavy atom. The maximum atomic E-state index is 12.9. The van der Waals surface area contributed by atoms with Gasteiger partial charge in [-0.3, -0.25) is 4.31 Å². The Balaban J connectivity index is 2.04. The maximum Gasteiger partial charge on any atom is 0.264 e. The quantitative estimate of drug-likeness (QED) is 0.734. The topological polar surface area (TPSA) is 46.6 Å². The zero-order valence-electron chi connectivity index (χ0n) is 12.9. The van der Waals surface area contributed by atoms with Gasteiger partial charge in [-0.05, 0) is 35.0 Å². The van der Waals surface area contributed by atoms with Crippen LogP contribution < -0.4 is 9.04 Å². The Bertz CT molecular complexity index is 951. The fourth-order valence-electron chi connectivity index (χ4n) is 2.43. The molecule has 4 nitrogen and oxygen atoms in total. The first-order valence-electron chi connectivity index (χ1n) is 7.14. The van der Waals surface area contributed by atoms with E-state index in [1.54, 1.807) is 50.6 Å². The molecule has 0 radical (unpaired) electrons. The average molecular weight is 327 g/mol. The molecular formula is C18H17NO3S. The van der Waals surface area contributed by atoms with Crippen LogP contribution in [-0.4, -0.2) is 22.6 Å². The van der Waals surface area contributed by atoms with Crippen molar-refractivity contribution in [2.24, 2.45) is 0 Å². The van der Waals surface area contributed by atoms with E-state index in [4.69, 9.17) is 4.74 Å². The first kappa shape index (κ1) is 15.4. The molecule has 118 valence electrons. The van der Waals surface area contributed by atoms with E-state index in [2.05, 4.69) is 0 Å². The van der Waals surface area contributed by atoms with Crippen molar-refractivity contribution in [2.45, 2.75) is 4.90 Å². The maximum absolute atomic E-state index is 12.9. The Kier molecular flexibility index (Phi) is 3.96. The number of methoxy groups -OCH3 is 1. The number of nitrogens with zero attached hydrogens (tertiary/aromatic N) is 1. The fourth-order valence-corrected chi connectivity index (χ4v) is 3.65. The second-order valence-corrected chi connectivity index (χ2v) is 7.15. The van der Waals surface area contributed by atoms with Gasteiger partial charge in [0.15, 0.2) is 0 Å². The van der Waals surface area contributed by atoms with Crippen LogP contribution in [0, 0.1) is 0 Å². The van der Waals surface area contributed by atoms with E-state index in [1.165, 1.54) is 4.31 Å². The molecule has 0 aliphatic rings. The van der Waals surface area contributed by atoms with Gasteiger partial charge in [-0.1, -0.05) is 36.4 Å². The van der Waals surface area contributed by atoms with Crippen molar-refractivity contribution < 1.29 is 13.2 Å². The molecule has 23 heavy (non-hydrogen) atoms. The molecule has 0 spiro atoms. The number of benzene rings is 3. The van der Waals surface area contributed by atoms with E-state index in [-0.39, 0.29) is 4.90 Å². The minimum atomic E-state index is -3.63. The van der Waals surface area contributed by atoms with Crippen LogP contribution in [0.2, 0.25) is 0 Å². The first-order chi connectivity index (χ1) is 11.0. The van der Waals surface area contributed by atoms with E-state index in [1.807, 2.05) is 30.3 Å². The van der Waals surface area contributed by atoms with E-state index in [0.29, 0.717) is 11.4 Å². The molecule has 0 N–H and O–H groups in total. The summed E-state index contributed by atoms with van der Waals surface area (Å²) in [5.74, 6) is 0.614. The lowest BCUT2D eigenvalue weighted by molar-refractivity contribution is 0.415. The predicted octanol–water partition coefficient (Wildman–Crippen LogP) is 3.67. The first-order valence-corrected chi connectivity index (χ1v) is 8.58. The summed E-state index contributed by atoms with van der Waals surface area (Å²) in [6, 6.07) is 19.8. The summed E-state index contributed by atoms with van der Waals surface area (Å²) in [5.41, 5.74) is 0.553. The zero-order chi connectivity index (χ0) is 16.4. The van der Waals surface area contributed by atoms with Crippen LogP contribution in [0.3, 0.4) is 0 Å². The third-order valence-electron chi connectivity index (χ3n) is 3.80. The molecule has 0 aliphatic heterocycles. The standard InChI is InChI=1S/C18H17NO3S/c1-19(16-8-5-9-17(13-16)22-2)23(20,21)18-11-10-14-6-3-4-7-15(14)12-18/h3-13H,1-2H3. The molecule has 3 aromatic carbocycles. The van der Waals surface area contributed by atoms with Gasteiger partial charge in [0, 0.05) is 13.1 Å². The number of hydrogen-bond donors (Lipinski definition) is 0. The van der Waals surface area contributed by atoms with Gasteiger partial charge < -0.3 is 4.74 Å². The summed E-state index contributed by atoms with van der Waals surface area (Å²) in [6.45, 7) is 0.